The van der Waals surface area contributed by atoms with Crippen LogP contribution in [0.4, 0.5) is 0 Å². The SMILES string of the molecule is CC(O)(O)OC(C)(O)O.O=C1C=CC(=O)C=C1. The van der Waals surface area contributed by atoms with Crippen molar-refractivity contribution in [3.63, 3.8) is 0 Å². The summed E-state index contributed by atoms with van der Waals surface area (Å²) in [7, 11) is 0. The van der Waals surface area contributed by atoms with Gasteiger partial charge < -0.3 is 20.4 Å². The Balaban J connectivity index is 0.000000302. The third kappa shape index (κ3) is 10.9. The Labute approximate surface area is 97.3 Å². The Hall–Kier alpha value is -1.38. The summed E-state index contributed by atoms with van der Waals surface area (Å²) in [4.78, 5) is 20.6. The van der Waals surface area contributed by atoms with Gasteiger partial charge in [0.05, 0.1) is 0 Å². The molecule has 7 heteroatoms. The van der Waals surface area contributed by atoms with Crippen molar-refractivity contribution in [2.24, 2.45) is 0 Å². The summed E-state index contributed by atoms with van der Waals surface area (Å²) in [6.45, 7) is 1.72. The van der Waals surface area contributed by atoms with E-state index in [0.717, 1.165) is 13.8 Å². The molecule has 7 nitrogen and oxygen atoms in total. The summed E-state index contributed by atoms with van der Waals surface area (Å²) in [5.41, 5.74) is 0. The first-order valence-corrected chi connectivity index (χ1v) is 4.53. The zero-order chi connectivity index (χ0) is 13.7. The van der Waals surface area contributed by atoms with Gasteiger partial charge in [0.2, 0.25) is 0 Å². The van der Waals surface area contributed by atoms with Crippen LogP contribution >= 0.6 is 0 Å². The van der Waals surface area contributed by atoms with Gasteiger partial charge in [0.1, 0.15) is 0 Å². The van der Waals surface area contributed by atoms with E-state index in [9.17, 15) is 9.59 Å². The number of ether oxygens (including phenoxy) is 1. The number of allylic oxidation sites excluding steroid dienone is 4. The molecule has 0 amide bonds. The van der Waals surface area contributed by atoms with Crippen LogP contribution in [0.25, 0.3) is 0 Å². The number of hydrogen-bond donors (Lipinski definition) is 4. The van der Waals surface area contributed by atoms with E-state index >= 15 is 0 Å². The van der Waals surface area contributed by atoms with E-state index in [-0.39, 0.29) is 11.6 Å². The Morgan fingerprint density at radius 1 is 0.824 bits per heavy atom. The lowest BCUT2D eigenvalue weighted by Crippen LogP contribution is -2.40. The van der Waals surface area contributed by atoms with E-state index in [2.05, 4.69) is 4.74 Å². The minimum Gasteiger partial charge on any atom is -0.344 e. The van der Waals surface area contributed by atoms with Crippen molar-refractivity contribution < 1.29 is 34.8 Å². The standard InChI is InChI=1S/C6H4O2.C4H10O5/c7-5-1-2-6(8)4-3-5;1-3(5,6)9-4(2,7)8/h1-4H;5-8H,1-2H3. The maximum Gasteiger partial charge on any atom is 0.279 e. The van der Waals surface area contributed by atoms with Crippen molar-refractivity contribution >= 4 is 11.6 Å². The molecule has 1 aliphatic rings. The summed E-state index contributed by atoms with van der Waals surface area (Å²) in [6, 6.07) is 0. The van der Waals surface area contributed by atoms with Crippen LogP contribution in [0, 0.1) is 0 Å². The minimum absolute atomic E-state index is 0.121. The number of carbonyl (C=O) groups excluding carboxylic acids is 2. The van der Waals surface area contributed by atoms with Crippen LogP contribution in [0.2, 0.25) is 0 Å². The lowest BCUT2D eigenvalue weighted by Gasteiger charge is -2.24. The van der Waals surface area contributed by atoms with Crippen molar-refractivity contribution in [2.45, 2.75) is 25.8 Å². The first kappa shape index (κ1) is 15.6. The Morgan fingerprint density at radius 3 is 1.18 bits per heavy atom. The summed E-state index contributed by atoms with van der Waals surface area (Å²) in [6.07, 6.45) is 5.01. The Bertz CT molecular complexity index is 291. The number of ketones is 2. The average molecular weight is 246 g/mol. The normalized spacial score (nSPS) is 15.6. The molecule has 1 rings (SSSR count). The number of rotatable bonds is 2. The highest BCUT2D eigenvalue weighted by atomic mass is 16.9. The highest BCUT2D eigenvalue weighted by Gasteiger charge is 2.28. The van der Waals surface area contributed by atoms with Crippen molar-refractivity contribution in [3.8, 4) is 0 Å². The number of carbonyl (C=O) groups is 2. The van der Waals surface area contributed by atoms with Crippen molar-refractivity contribution in [1.29, 1.82) is 0 Å². The molecule has 0 heterocycles. The molecule has 0 saturated heterocycles. The van der Waals surface area contributed by atoms with E-state index in [1.54, 1.807) is 0 Å². The molecule has 0 aliphatic heterocycles. The number of hydrogen-bond acceptors (Lipinski definition) is 7. The molecule has 0 aromatic carbocycles. The molecular formula is C10H14O7. The van der Waals surface area contributed by atoms with Gasteiger partial charge in [-0.1, -0.05) is 0 Å². The molecule has 0 fully saturated rings. The second kappa shape index (κ2) is 5.80. The molecule has 0 bridgehead atoms. The lowest BCUT2D eigenvalue weighted by atomic mass is 10.2. The molecule has 17 heavy (non-hydrogen) atoms. The Kier molecular flexibility index (Phi) is 5.33. The van der Waals surface area contributed by atoms with E-state index in [0.29, 0.717) is 0 Å². The molecule has 96 valence electrons. The van der Waals surface area contributed by atoms with Crippen LogP contribution in [-0.4, -0.2) is 43.9 Å². The molecule has 1 aliphatic carbocycles. The summed E-state index contributed by atoms with van der Waals surface area (Å²) in [5.74, 6) is -5.27. The smallest absolute Gasteiger partial charge is 0.279 e. The summed E-state index contributed by atoms with van der Waals surface area (Å²) >= 11 is 0. The quantitative estimate of drug-likeness (QED) is 0.348. The Morgan fingerprint density at radius 2 is 1.06 bits per heavy atom. The molecule has 0 aromatic rings. The maximum atomic E-state index is 10.3. The van der Waals surface area contributed by atoms with Crippen LogP contribution in [0.1, 0.15) is 13.8 Å². The van der Waals surface area contributed by atoms with Crippen LogP contribution < -0.4 is 0 Å². The maximum absolute atomic E-state index is 10.3. The second-order valence-corrected chi connectivity index (χ2v) is 3.44. The molecule has 4 N–H and O–H groups in total. The predicted octanol–water partition coefficient (Wildman–Crippen LogP) is -1.43. The van der Waals surface area contributed by atoms with Crippen molar-refractivity contribution in [1.82, 2.24) is 0 Å². The van der Waals surface area contributed by atoms with Crippen molar-refractivity contribution in [3.05, 3.63) is 24.3 Å². The topological polar surface area (TPSA) is 124 Å². The zero-order valence-corrected chi connectivity index (χ0v) is 9.32. The second-order valence-electron chi connectivity index (χ2n) is 3.44. The van der Waals surface area contributed by atoms with E-state index in [4.69, 9.17) is 20.4 Å². The molecule has 0 aromatic heterocycles. The first-order valence-electron chi connectivity index (χ1n) is 4.53. The fourth-order valence-electron chi connectivity index (χ4n) is 0.806. The third-order valence-corrected chi connectivity index (χ3v) is 1.21. The predicted molar refractivity (Wildman–Crippen MR) is 55.1 cm³/mol. The molecule has 0 atom stereocenters. The van der Waals surface area contributed by atoms with Gasteiger partial charge in [-0.3, -0.25) is 14.3 Å². The van der Waals surface area contributed by atoms with Gasteiger partial charge in [0.25, 0.3) is 11.9 Å². The van der Waals surface area contributed by atoms with Gasteiger partial charge in [-0.15, -0.1) is 0 Å². The molecular weight excluding hydrogens is 232 g/mol. The van der Waals surface area contributed by atoms with Crippen LogP contribution in [0.5, 0.6) is 0 Å². The summed E-state index contributed by atoms with van der Waals surface area (Å²) in [5, 5.41) is 33.5. The zero-order valence-electron chi connectivity index (χ0n) is 9.32. The molecule has 0 radical (unpaired) electrons. The fourth-order valence-corrected chi connectivity index (χ4v) is 0.806. The van der Waals surface area contributed by atoms with Gasteiger partial charge in [-0.2, -0.15) is 0 Å². The van der Waals surface area contributed by atoms with Gasteiger partial charge in [0.15, 0.2) is 11.6 Å². The van der Waals surface area contributed by atoms with E-state index in [1.807, 2.05) is 0 Å². The van der Waals surface area contributed by atoms with E-state index in [1.165, 1.54) is 24.3 Å². The van der Waals surface area contributed by atoms with E-state index < -0.39 is 11.9 Å². The van der Waals surface area contributed by atoms with Gasteiger partial charge in [-0.25, -0.2) is 0 Å². The largest absolute Gasteiger partial charge is 0.344 e. The lowest BCUT2D eigenvalue weighted by molar-refractivity contribution is -0.457. The summed E-state index contributed by atoms with van der Waals surface area (Å²) < 4.78 is 3.85. The monoisotopic (exact) mass is 246 g/mol. The van der Waals surface area contributed by atoms with Crippen LogP contribution in [0.3, 0.4) is 0 Å². The van der Waals surface area contributed by atoms with Gasteiger partial charge in [-0.05, 0) is 24.3 Å². The molecule has 0 spiro atoms. The van der Waals surface area contributed by atoms with Crippen molar-refractivity contribution in [2.75, 3.05) is 0 Å². The highest BCUT2D eigenvalue weighted by Crippen LogP contribution is 2.09. The molecule has 0 saturated carbocycles. The molecule has 0 unspecified atom stereocenters. The van der Waals surface area contributed by atoms with Gasteiger partial charge >= 0.3 is 0 Å². The highest BCUT2D eigenvalue weighted by molar-refractivity contribution is 6.14. The first-order chi connectivity index (χ1) is 7.49. The van der Waals surface area contributed by atoms with Crippen LogP contribution in [-0.2, 0) is 14.3 Å². The fraction of sp³-hybridized carbons (Fsp3) is 0.400. The van der Waals surface area contributed by atoms with Crippen LogP contribution in [0.15, 0.2) is 24.3 Å². The van der Waals surface area contributed by atoms with Gasteiger partial charge in [0, 0.05) is 13.8 Å². The number of aliphatic hydroxyl groups is 4. The third-order valence-electron chi connectivity index (χ3n) is 1.21. The minimum atomic E-state index is -2.52. The average Bonchev–Trinajstić information content (AvgIpc) is 2.04.